The summed E-state index contributed by atoms with van der Waals surface area (Å²) in [5.41, 5.74) is 2.65. The number of nitrogens with one attached hydrogen (secondary N) is 1. The maximum Gasteiger partial charge on any atom is 0.219 e. The van der Waals surface area contributed by atoms with Crippen LogP contribution in [0.15, 0.2) is 11.6 Å². The van der Waals surface area contributed by atoms with Crippen LogP contribution in [0.25, 0.3) is 0 Å². The van der Waals surface area contributed by atoms with Gasteiger partial charge in [-0.15, -0.1) is 10.2 Å². The van der Waals surface area contributed by atoms with E-state index in [4.69, 9.17) is 0 Å². The second-order valence-electron chi connectivity index (χ2n) is 5.40. The molecule has 7 nitrogen and oxygen atoms in total. The van der Waals surface area contributed by atoms with Crippen LogP contribution in [-0.2, 0) is 4.79 Å². The monoisotopic (exact) mass is 318 g/mol. The van der Waals surface area contributed by atoms with E-state index >= 15 is 0 Å². The second kappa shape index (κ2) is 6.35. The fourth-order valence-corrected chi connectivity index (χ4v) is 3.16. The highest BCUT2D eigenvalue weighted by atomic mass is 32.1. The Balaban J connectivity index is 1.81. The normalized spacial score (nSPS) is 18.3. The molecule has 1 aliphatic heterocycles. The van der Waals surface area contributed by atoms with Crippen molar-refractivity contribution < 1.29 is 4.79 Å². The van der Waals surface area contributed by atoms with Crippen molar-refractivity contribution in [2.75, 3.05) is 18.4 Å². The minimum atomic E-state index is 0.127. The number of aryl methyl sites for hydroxylation is 1. The summed E-state index contributed by atoms with van der Waals surface area (Å²) in [6, 6.07) is 1.95. The van der Waals surface area contributed by atoms with Gasteiger partial charge in [0.15, 0.2) is 0 Å². The molecule has 0 spiro atoms. The molecule has 0 aromatic carbocycles. The van der Waals surface area contributed by atoms with Gasteiger partial charge in [0.25, 0.3) is 0 Å². The van der Waals surface area contributed by atoms with Crippen LogP contribution in [0.2, 0.25) is 0 Å². The van der Waals surface area contributed by atoms with E-state index in [1.165, 1.54) is 11.3 Å². The molecule has 0 radical (unpaired) electrons. The van der Waals surface area contributed by atoms with Gasteiger partial charge < -0.3 is 10.2 Å². The van der Waals surface area contributed by atoms with E-state index in [9.17, 15) is 4.79 Å². The summed E-state index contributed by atoms with van der Waals surface area (Å²) in [7, 11) is 0. The van der Waals surface area contributed by atoms with Crippen molar-refractivity contribution in [2.24, 2.45) is 0 Å². The summed E-state index contributed by atoms with van der Waals surface area (Å²) in [6.45, 7) is 5.06. The number of hydrogen-bond donors (Lipinski definition) is 1. The van der Waals surface area contributed by atoms with Crippen molar-refractivity contribution in [1.82, 2.24) is 25.1 Å². The van der Waals surface area contributed by atoms with Crippen LogP contribution < -0.4 is 5.32 Å². The third-order valence-electron chi connectivity index (χ3n) is 3.74. The van der Waals surface area contributed by atoms with Crippen molar-refractivity contribution in [3.8, 4) is 0 Å². The van der Waals surface area contributed by atoms with Crippen LogP contribution in [0.1, 0.15) is 37.2 Å². The van der Waals surface area contributed by atoms with Gasteiger partial charge >= 0.3 is 0 Å². The molecule has 1 fully saturated rings. The first-order chi connectivity index (χ1) is 10.6. The Morgan fingerprint density at radius 2 is 2.32 bits per heavy atom. The first-order valence-corrected chi connectivity index (χ1v) is 8.14. The number of carbonyl (C=O) groups excluding carboxylic acids is 1. The molecule has 22 heavy (non-hydrogen) atoms. The number of amides is 1. The van der Waals surface area contributed by atoms with Crippen molar-refractivity contribution in [2.45, 2.75) is 32.6 Å². The number of hydrogen-bond acceptors (Lipinski definition) is 7. The van der Waals surface area contributed by atoms with E-state index in [0.29, 0.717) is 11.0 Å². The van der Waals surface area contributed by atoms with Crippen LogP contribution >= 0.6 is 11.3 Å². The standard InChI is InChI=1S/C14H18N6OS/c1-9-16-12(11-4-3-5-20(7-11)10(2)21)6-13(17-9)18-14-19-15-8-22-14/h6,8,11H,3-5,7H2,1-2H3,(H,16,17,18,19)/t11-/m0/s1. The van der Waals surface area contributed by atoms with E-state index < -0.39 is 0 Å². The zero-order chi connectivity index (χ0) is 15.5. The predicted molar refractivity (Wildman–Crippen MR) is 84.2 cm³/mol. The molecule has 0 bridgehead atoms. The lowest BCUT2D eigenvalue weighted by atomic mass is 9.94. The van der Waals surface area contributed by atoms with Gasteiger partial charge in [0.2, 0.25) is 11.0 Å². The molecule has 8 heteroatoms. The summed E-state index contributed by atoms with van der Waals surface area (Å²) >= 11 is 1.42. The molecule has 1 N–H and O–H groups in total. The molecule has 0 saturated carbocycles. The number of piperidine rings is 1. The maximum absolute atomic E-state index is 11.6. The van der Waals surface area contributed by atoms with Gasteiger partial charge in [-0.25, -0.2) is 9.97 Å². The predicted octanol–water partition coefficient (Wildman–Crippen LogP) is 2.11. The number of carbonyl (C=O) groups is 1. The highest BCUT2D eigenvalue weighted by Gasteiger charge is 2.24. The van der Waals surface area contributed by atoms with Crippen LogP contribution in [0.4, 0.5) is 10.9 Å². The Kier molecular flexibility index (Phi) is 4.28. The minimum absolute atomic E-state index is 0.127. The van der Waals surface area contributed by atoms with E-state index in [1.54, 1.807) is 12.4 Å². The van der Waals surface area contributed by atoms with Crippen LogP contribution in [0.3, 0.4) is 0 Å². The Morgan fingerprint density at radius 3 is 3.05 bits per heavy atom. The fourth-order valence-electron chi connectivity index (χ4n) is 2.71. The van der Waals surface area contributed by atoms with E-state index in [0.717, 1.165) is 37.4 Å². The average Bonchev–Trinajstić information content (AvgIpc) is 2.99. The summed E-state index contributed by atoms with van der Waals surface area (Å²) < 4.78 is 0. The number of rotatable bonds is 3. The summed E-state index contributed by atoms with van der Waals surface area (Å²) in [5, 5.41) is 11.6. The first kappa shape index (κ1) is 14.8. The molecule has 2 aromatic heterocycles. The molecular formula is C14H18N6OS. The van der Waals surface area contributed by atoms with Gasteiger partial charge in [-0.1, -0.05) is 11.3 Å². The lowest BCUT2D eigenvalue weighted by Gasteiger charge is -2.31. The molecule has 1 atom stereocenters. The first-order valence-electron chi connectivity index (χ1n) is 7.26. The van der Waals surface area contributed by atoms with Gasteiger partial charge in [0.05, 0.1) is 5.69 Å². The van der Waals surface area contributed by atoms with Crippen molar-refractivity contribution in [1.29, 1.82) is 0 Å². The SMILES string of the molecule is CC(=O)N1CCC[C@H](c2cc(Nc3nncs3)nc(C)n2)C1. The van der Waals surface area contributed by atoms with E-state index in [1.807, 2.05) is 17.9 Å². The molecule has 3 heterocycles. The van der Waals surface area contributed by atoms with Crippen LogP contribution in [-0.4, -0.2) is 44.1 Å². The summed E-state index contributed by atoms with van der Waals surface area (Å²) in [5.74, 6) is 1.82. The average molecular weight is 318 g/mol. The number of nitrogens with zero attached hydrogens (tertiary/aromatic N) is 5. The summed E-state index contributed by atoms with van der Waals surface area (Å²) in [4.78, 5) is 22.4. The van der Waals surface area contributed by atoms with Gasteiger partial charge in [-0.05, 0) is 19.8 Å². The van der Waals surface area contributed by atoms with Gasteiger partial charge in [-0.3, -0.25) is 4.79 Å². The maximum atomic E-state index is 11.6. The summed E-state index contributed by atoms with van der Waals surface area (Å²) in [6.07, 6.45) is 2.05. The van der Waals surface area contributed by atoms with Gasteiger partial charge in [-0.2, -0.15) is 0 Å². The van der Waals surface area contributed by atoms with Crippen molar-refractivity contribution in [3.05, 3.63) is 23.1 Å². The Labute approximate surface area is 132 Å². The van der Waals surface area contributed by atoms with Gasteiger partial charge in [0, 0.05) is 32.0 Å². The number of anilines is 2. The Hall–Kier alpha value is -2.09. The minimum Gasteiger partial charge on any atom is -0.342 e. The van der Waals surface area contributed by atoms with Gasteiger partial charge in [0.1, 0.15) is 17.2 Å². The molecule has 2 aromatic rings. The van der Waals surface area contributed by atoms with Crippen molar-refractivity contribution in [3.63, 3.8) is 0 Å². The highest BCUT2D eigenvalue weighted by molar-refractivity contribution is 7.13. The molecule has 3 rings (SSSR count). The third-order valence-corrected chi connectivity index (χ3v) is 4.34. The zero-order valence-corrected chi connectivity index (χ0v) is 13.4. The molecule has 1 aliphatic rings. The van der Waals surface area contributed by atoms with E-state index in [-0.39, 0.29) is 11.8 Å². The molecular weight excluding hydrogens is 300 g/mol. The fraction of sp³-hybridized carbons (Fsp3) is 0.500. The Bertz CT molecular complexity index is 659. The highest BCUT2D eigenvalue weighted by Crippen LogP contribution is 2.27. The number of likely N-dealkylation sites (tertiary alicyclic amines) is 1. The lowest BCUT2D eigenvalue weighted by Crippen LogP contribution is -2.37. The molecule has 1 saturated heterocycles. The smallest absolute Gasteiger partial charge is 0.219 e. The Morgan fingerprint density at radius 1 is 1.45 bits per heavy atom. The third kappa shape index (κ3) is 3.38. The lowest BCUT2D eigenvalue weighted by molar-refractivity contribution is -0.130. The second-order valence-corrected chi connectivity index (χ2v) is 6.23. The molecule has 1 amide bonds. The van der Waals surface area contributed by atoms with Crippen LogP contribution in [0.5, 0.6) is 0 Å². The molecule has 0 aliphatic carbocycles. The number of aromatic nitrogens is 4. The molecule has 0 unspecified atom stereocenters. The van der Waals surface area contributed by atoms with Crippen molar-refractivity contribution >= 4 is 28.2 Å². The quantitative estimate of drug-likeness (QED) is 0.933. The van der Waals surface area contributed by atoms with E-state index in [2.05, 4.69) is 25.5 Å². The molecule has 116 valence electrons. The zero-order valence-electron chi connectivity index (χ0n) is 12.6. The van der Waals surface area contributed by atoms with Crippen LogP contribution in [0, 0.1) is 6.92 Å². The largest absolute Gasteiger partial charge is 0.342 e. The topological polar surface area (TPSA) is 83.9 Å².